The van der Waals surface area contributed by atoms with Gasteiger partial charge in [-0.1, -0.05) is 36.4 Å². The van der Waals surface area contributed by atoms with E-state index < -0.39 is 0 Å². The number of ether oxygens (including phenoxy) is 3. The maximum atomic E-state index is 5.88. The maximum absolute atomic E-state index is 5.88. The van der Waals surface area contributed by atoms with Gasteiger partial charge in [0.2, 0.25) is 0 Å². The summed E-state index contributed by atoms with van der Waals surface area (Å²) < 4.78 is 16.8. The number of nitrogens with one attached hydrogen (secondary N) is 2. The molecular weight excluding hydrogens is 390 g/mol. The van der Waals surface area contributed by atoms with Crippen molar-refractivity contribution in [2.45, 2.75) is 53.0 Å². The highest BCUT2D eigenvalue weighted by molar-refractivity contribution is 5.79. The molecule has 0 unspecified atom stereocenters. The van der Waals surface area contributed by atoms with Gasteiger partial charge in [-0.3, -0.25) is 4.99 Å². The van der Waals surface area contributed by atoms with Crippen molar-refractivity contribution < 1.29 is 14.2 Å². The fourth-order valence-electron chi connectivity index (χ4n) is 2.89. The molecule has 0 heterocycles. The van der Waals surface area contributed by atoms with E-state index in [-0.39, 0.29) is 5.60 Å². The van der Waals surface area contributed by atoms with Gasteiger partial charge < -0.3 is 24.8 Å². The Morgan fingerprint density at radius 1 is 0.968 bits per heavy atom. The average Bonchev–Trinajstić information content (AvgIpc) is 2.73. The van der Waals surface area contributed by atoms with Gasteiger partial charge in [-0.15, -0.1) is 0 Å². The first-order valence-electron chi connectivity index (χ1n) is 10.7. The smallest absolute Gasteiger partial charge is 0.191 e. The van der Waals surface area contributed by atoms with Crippen molar-refractivity contribution in [3.8, 4) is 5.75 Å². The number of aryl methyl sites for hydroxylation is 1. The van der Waals surface area contributed by atoms with Crippen molar-refractivity contribution in [3.05, 3.63) is 64.7 Å². The molecule has 2 rings (SSSR count). The number of nitrogens with zero attached hydrogens (tertiary/aromatic N) is 1. The molecule has 0 aliphatic heterocycles. The zero-order chi connectivity index (χ0) is 22.7. The predicted octanol–water partition coefficient (Wildman–Crippen LogP) is 4.20. The minimum absolute atomic E-state index is 0.150. The topological polar surface area (TPSA) is 64.1 Å². The SMILES string of the molecule is CN=C(NCc1cccc(COC(C)(C)C)c1)NCc1ccc(C)cc1OCCOC. The van der Waals surface area contributed by atoms with Gasteiger partial charge in [0, 0.05) is 32.8 Å². The van der Waals surface area contributed by atoms with E-state index in [9.17, 15) is 0 Å². The van der Waals surface area contributed by atoms with Gasteiger partial charge in [0.1, 0.15) is 12.4 Å². The summed E-state index contributed by atoms with van der Waals surface area (Å²) >= 11 is 0. The van der Waals surface area contributed by atoms with Gasteiger partial charge in [0.05, 0.1) is 18.8 Å². The number of hydrogen-bond donors (Lipinski definition) is 2. The van der Waals surface area contributed by atoms with Gasteiger partial charge in [-0.2, -0.15) is 0 Å². The molecule has 0 saturated heterocycles. The Morgan fingerprint density at radius 3 is 2.42 bits per heavy atom. The lowest BCUT2D eigenvalue weighted by atomic mass is 10.1. The van der Waals surface area contributed by atoms with E-state index in [1.165, 1.54) is 5.56 Å². The first kappa shape index (κ1) is 24.7. The Kier molecular flexibility index (Phi) is 9.82. The predicted molar refractivity (Wildman–Crippen MR) is 127 cm³/mol. The molecule has 6 nitrogen and oxygen atoms in total. The van der Waals surface area contributed by atoms with Crippen LogP contribution in [0.5, 0.6) is 5.75 Å². The largest absolute Gasteiger partial charge is 0.491 e. The van der Waals surface area contributed by atoms with Crippen molar-refractivity contribution in [1.82, 2.24) is 10.6 Å². The van der Waals surface area contributed by atoms with Crippen LogP contribution in [0.1, 0.15) is 43.0 Å². The number of hydrogen-bond acceptors (Lipinski definition) is 4. The van der Waals surface area contributed by atoms with E-state index >= 15 is 0 Å². The van der Waals surface area contributed by atoms with Gasteiger partial charge >= 0.3 is 0 Å². The summed E-state index contributed by atoms with van der Waals surface area (Å²) in [7, 11) is 3.44. The molecule has 0 amide bonds. The number of methoxy groups -OCH3 is 1. The van der Waals surface area contributed by atoms with Crippen molar-refractivity contribution in [2.24, 2.45) is 4.99 Å². The number of guanidine groups is 1. The summed E-state index contributed by atoms with van der Waals surface area (Å²) in [6.07, 6.45) is 0. The molecule has 31 heavy (non-hydrogen) atoms. The first-order valence-corrected chi connectivity index (χ1v) is 10.7. The standard InChI is InChI=1S/C25H37N3O3/c1-19-10-11-22(23(14-19)30-13-12-29-6)17-28-24(26-5)27-16-20-8-7-9-21(15-20)18-31-25(2,3)4/h7-11,14-15H,12-13,16-18H2,1-6H3,(H2,26,27,28). The van der Waals surface area contributed by atoms with Crippen molar-refractivity contribution in [2.75, 3.05) is 27.4 Å². The monoisotopic (exact) mass is 427 g/mol. The van der Waals surface area contributed by atoms with Gasteiger partial charge in [-0.25, -0.2) is 0 Å². The molecule has 0 fully saturated rings. The van der Waals surface area contributed by atoms with Crippen LogP contribution in [-0.4, -0.2) is 38.9 Å². The zero-order valence-corrected chi connectivity index (χ0v) is 19.7. The van der Waals surface area contributed by atoms with Crippen LogP contribution < -0.4 is 15.4 Å². The van der Waals surface area contributed by atoms with Crippen LogP contribution in [0.4, 0.5) is 0 Å². The third-order valence-corrected chi connectivity index (χ3v) is 4.56. The second-order valence-corrected chi connectivity index (χ2v) is 8.45. The lowest BCUT2D eigenvalue weighted by Gasteiger charge is -2.20. The Morgan fingerprint density at radius 2 is 1.71 bits per heavy atom. The molecule has 0 saturated carbocycles. The molecule has 6 heteroatoms. The van der Waals surface area contributed by atoms with Crippen molar-refractivity contribution in [1.29, 1.82) is 0 Å². The molecule has 0 radical (unpaired) electrons. The highest BCUT2D eigenvalue weighted by Crippen LogP contribution is 2.20. The quantitative estimate of drug-likeness (QED) is 0.338. The Balaban J connectivity index is 1.91. The Labute approximate surface area is 187 Å². The lowest BCUT2D eigenvalue weighted by molar-refractivity contribution is -0.0149. The molecule has 2 N–H and O–H groups in total. The molecule has 2 aromatic rings. The first-order chi connectivity index (χ1) is 14.8. The molecule has 0 aliphatic rings. The van der Waals surface area contributed by atoms with E-state index in [0.29, 0.717) is 32.9 Å². The van der Waals surface area contributed by atoms with Crippen LogP contribution in [0, 0.1) is 6.92 Å². The third-order valence-electron chi connectivity index (χ3n) is 4.56. The van der Waals surface area contributed by atoms with Crippen LogP contribution in [-0.2, 0) is 29.2 Å². The van der Waals surface area contributed by atoms with Crippen LogP contribution in [0.2, 0.25) is 0 Å². The molecule has 2 aromatic carbocycles. The number of aliphatic imine (C=N–C) groups is 1. The van der Waals surface area contributed by atoms with E-state index in [0.717, 1.165) is 28.4 Å². The Hall–Kier alpha value is -2.57. The summed E-state index contributed by atoms with van der Waals surface area (Å²) in [6.45, 7) is 11.2. The van der Waals surface area contributed by atoms with Gasteiger partial charge in [0.15, 0.2) is 5.96 Å². The van der Waals surface area contributed by atoms with Crippen LogP contribution in [0.3, 0.4) is 0 Å². The molecule has 0 aliphatic carbocycles. The molecule has 0 atom stereocenters. The minimum atomic E-state index is -0.150. The van der Waals surface area contributed by atoms with Crippen molar-refractivity contribution in [3.63, 3.8) is 0 Å². The second kappa shape index (κ2) is 12.3. The van der Waals surface area contributed by atoms with Crippen molar-refractivity contribution >= 4 is 5.96 Å². The summed E-state index contributed by atoms with van der Waals surface area (Å²) in [6, 6.07) is 14.6. The van der Waals surface area contributed by atoms with Crippen LogP contribution in [0.15, 0.2) is 47.5 Å². The summed E-state index contributed by atoms with van der Waals surface area (Å²) in [5.41, 5.74) is 4.43. The minimum Gasteiger partial charge on any atom is -0.491 e. The lowest BCUT2D eigenvalue weighted by Crippen LogP contribution is -2.36. The fourth-order valence-corrected chi connectivity index (χ4v) is 2.89. The molecule has 170 valence electrons. The molecular formula is C25H37N3O3. The van der Waals surface area contributed by atoms with E-state index in [2.05, 4.69) is 79.7 Å². The highest BCUT2D eigenvalue weighted by atomic mass is 16.5. The summed E-state index contributed by atoms with van der Waals surface area (Å²) in [5, 5.41) is 6.74. The second-order valence-electron chi connectivity index (χ2n) is 8.45. The molecule has 0 spiro atoms. The van der Waals surface area contributed by atoms with E-state index in [1.807, 2.05) is 6.07 Å². The third kappa shape index (κ3) is 9.40. The van der Waals surface area contributed by atoms with Gasteiger partial charge in [0.25, 0.3) is 0 Å². The van der Waals surface area contributed by atoms with E-state index in [1.54, 1.807) is 14.2 Å². The number of benzene rings is 2. The fraction of sp³-hybridized carbons (Fsp3) is 0.480. The zero-order valence-electron chi connectivity index (χ0n) is 19.7. The van der Waals surface area contributed by atoms with Crippen LogP contribution >= 0.6 is 0 Å². The normalized spacial score (nSPS) is 12.0. The van der Waals surface area contributed by atoms with Gasteiger partial charge in [-0.05, 0) is 50.5 Å². The molecule has 0 bridgehead atoms. The summed E-state index contributed by atoms with van der Waals surface area (Å²) in [5.74, 6) is 1.60. The number of rotatable bonds is 10. The summed E-state index contributed by atoms with van der Waals surface area (Å²) in [4.78, 5) is 4.34. The average molecular weight is 428 g/mol. The van der Waals surface area contributed by atoms with Crippen LogP contribution in [0.25, 0.3) is 0 Å². The molecule has 0 aromatic heterocycles. The maximum Gasteiger partial charge on any atom is 0.191 e. The van der Waals surface area contributed by atoms with E-state index in [4.69, 9.17) is 14.2 Å². The Bertz CT molecular complexity index is 844. The highest BCUT2D eigenvalue weighted by Gasteiger charge is 2.10.